The van der Waals surface area contributed by atoms with E-state index in [0.717, 1.165) is 11.4 Å². The second-order valence-electron chi connectivity index (χ2n) is 3.32. The van der Waals surface area contributed by atoms with Crippen molar-refractivity contribution in [1.29, 1.82) is 0 Å². The summed E-state index contributed by atoms with van der Waals surface area (Å²) >= 11 is 0. The molecule has 0 spiro atoms. The Hall–Kier alpha value is -1.68. The standard InChI is InChI=1S/C11H12N2O2/c1-15-8-9-7-11(14)13(12-9)10-5-3-2-4-6-10/h2-6H,7-8H2,1H3. The first kappa shape index (κ1) is 9.86. The van der Waals surface area contributed by atoms with E-state index in [9.17, 15) is 4.79 Å². The summed E-state index contributed by atoms with van der Waals surface area (Å²) in [6, 6.07) is 9.39. The monoisotopic (exact) mass is 204 g/mol. The van der Waals surface area contributed by atoms with Crippen molar-refractivity contribution < 1.29 is 9.53 Å². The average Bonchev–Trinajstić information content (AvgIpc) is 2.61. The zero-order valence-corrected chi connectivity index (χ0v) is 8.51. The van der Waals surface area contributed by atoms with Gasteiger partial charge in [0.1, 0.15) is 0 Å². The zero-order valence-electron chi connectivity index (χ0n) is 8.51. The number of amides is 1. The van der Waals surface area contributed by atoms with Crippen LogP contribution in [0, 0.1) is 0 Å². The summed E-state index contributed by atoms with van der Waals surface area (Å²) in [5.41, 5.74) is 1.57. The molecule has 0 N–H and O–H groups in total. The van der Waals surface area contributed by atoms with Gasteiger partial charge in [-0.15, -0.1) is 0 Å². The summed E-state index contributed by atoms with van der Waals surface area (Å²) in [5, 5.41) is 5.63. The Kier molecular flexibility index (Phi) is 2.78. The van der Waals surface area contributed by atoms with Gasteiger partial charge >= 0.3 is 0 Å². The molecule has 1 aliphatic heterocycles. The topological polar surface area (TPSA) is 41.9 Å². The predicted molar refractivity (Wildman–Crippen MR) is 57.9 cm³/mol. The average molecular weight is 204 g/mol. The molecule has 15 heavy (non-hydrogen) atoms. The summed E-state index contributed by atoms with van der Waals surface area (Å²) in [6.07, 6.45) is 0.350. The van der Waals surface area contributed by atoms with Crippen molar-refractivity contribution >= 4 is 17.3 Å². The van der Waals surface area contributed by atoms with Crippen molar-refractivity contribution in [3.05, 3.63) is 30.3 Å². The molecule has 2 rings (SSSR count). The number of rotatable bonds is 3. The predicted octanol–water partition coefficient (Wildman–Crippen LogP) is 1.43. The van der Waals surface area contributed by atoms with E-state index < -0.39 is 0 Å². The van der Waals surface area contributed by atoms with Crippen LogP contribution in [-0.4, -0.2) is 25.3 Å². The van der Waals surface area contributed by atoms with E-state index in [1.807, 2.05) is 30.3 Å². The lowest BCUT2D eigenvalue weighted by Gasteiger charge is -2.10. The van der Waals surface area contributed by atoms with Gasteiger partial charge in [0.15, 0.2) is 0 Å². The van der Waals surface area contributed by atoms with E-state index >= 15 is 0 Å². The molecular formula is C11H12N2O2. The molecule has 4 heteroatoms. The maximum absolute atomic E-state index is 11.6. The first-order chi connectivity index (χ1) is 7.31. The van der Waals surface area contributed by atoms with Crippen LogP contribution in [0.1, 0.15) is 6.42 Å². The van der Waals surface area contributed by atoms with Gasteiger partial charge in [0, 0.05) is 7.11 Å². The number of hydrazone groups is 1. The molecule has 0 atom stereocenters. The first-order valence-corrected chi connectivity index (χ1v) is 4.74. The highest BCUT2D eigenvalue weighted by molar-refractivity contribution is 6.13. The van der Waals surface area contributed by atoms with Gasteiger partial charge < -0.3 is 4.74 Å². The largest absolute Gasteiger partial charge is 0.379 e. The number of anilines is 1. The molecule has 1 aromatic carbocycles. The van der Waals surface area contributed by atoms with Crippen molar-refractivity contribution in [2.24, 2.45) is 5.10 Å². The molecule has 0 bridgehead atoms. The van der Waals surface area contributed by atoms with Gasteiger partial charge in [-0.3, -0.25) is 4.79 Å². The Morgan fingerprint density at radius 3 is 2.80 bits per heavy atom. The molecule has 0 aliphatic carbocycles. The molecule has 1 amide bonds. The summed E-state index contributed by atoms with van der Waals surface area (Å²) in [7, 11) is 1.60. The minimum atomic E-state index is -0.00625. The van der Waals surface area contributed by atoms with E-state index in [1.165, 1.54) is 5.01 Å². The second kappa shape index (κ2) is 4.23. The van der Waals surface area contributed by atoms with Crippen LogP contribution in [0.2, 0.25) is 0 Å². The van der Waals surface area contributed by atoms with Crippen LogP contribution < -0.4 is 5.01 Å². The maximum Gasteiger partial charge on any atom is 0.253 e. The number of para-hydroxylation sites is 1. The summed E-state index contributed by atoms with van der Waals surface area (Å²) in [6.45, 7) is 0.412. The molecule has 4 nitrogen and oxygen atoms in total. The van der Waals surface area contributed by atoms with Crippen molar-refractivity contribution in [1.82, 2.24) is 0 Å². The van der Waals surface area contributed by atoms with E-state index in [0.29, 0.717) is 13.0 Å². The molecule has 78 valence electrons. The van der Waals surface area contributed by atoms with Crippen LogP contribution in [-0.2, 0) is 9.53 Å². The molecule has 1 heterocycles. The third-order valence-corrected chi connectivity index (χ3v) is 2.14. The van der Waals surface area contributed by atoms with Crippen LogP contribution in [0.15, 0.2) is 35.4 Å². The van der Waals surface area contributed by atoms with Crippen LogP contribution in [0.25, 0.3) is 0 Å². The number of nitrogens with zero attached hydrogens (tertiary/aromatic N) is 2. The van der Waals surface area contributed by atoms with E-state index in [1.54, 1.807) is 7.11 Å². The number of ether oxygens (including phenoxy) is 1. The third kappa shape index (κ3) is 2.05. The van der Waals surface area contributed by atoms with E-state index in [4.69, 9.17) is 4.74 Å². The summed E-state index contributed by atoms with van der Waals surface area (Å²) in [4.78, 5) is 11.6. The zero-order chi connectivity index (χ0) is 10.7. The fourth-order valence-corrected chi connectivity index (χ4v) is 1.50. The Labute approximate surface area is 88.2 Å². The highest BCUT2D eigenvalue weighted by atomic mass is 16.5. The van der Waals surface area contributed by atoms with Crippen LogP contribution in [0.5, 0.6) is 0 Å². The molecule has 0 aromatic heterocycles. The number of carbonyl (C=O) groups excluding carboxylic acids is 1. The fourth-order valence-electron chi connectivity index (χ4n) is 1.50. The third-order valence-electron chi connectivity index (χ3n) is 2.14. The summed E-state index contributed by atoms with van der Waals surface area (Å²) < 4.78 is 4.95. The van der Waals surface area contributed by atoms with Gasteiger partial charge in [-0.05, 0) is 12.1 Å². The number of carbonyl (C=O) groups is 1. The quantitative estimate of drug-likeness (QED) is 0.747. The van der Waals surface area contributed by atoms with Crippen LogP contribution in [0.4, 0.5) is 5.69 Å². The molecule has 0 radical (unpaired) electrons. The van der Waals surface area contributed by atoms with Crippen LogP contribution in [0.3, 0.4) is 0 Å². The summed E-state index contributed by atoms with van der Waals surface area (Å²) in [5.74, 6) is -0.00625. The maximum atomic E-state index is 11.6. The molecule has 1 aliphatic rings. The van der Waals surface area contributed by atoms with Crippen molar-refractivity contribution in [3.63, 3.8) is 0 Å². The minimum Gasteiger partial charge on any atom is -0.379 e. The molecule has 0 saturated heterocycles. The van der Waals surface area contributed by atoms with Crippen molar-refractivity contribution in [3.8, 4) is 0 Å². The minimum absolute atomic E-state index is 0.00625. The normalized spacial score (nSPS) is 15.7. The number of hydrogen-bond donors (Lipinski definition) is 0. The van der Waals surface area contributed by atoms with Crippen LogP contribution >= 0.6 is 0 Å². The van der Waals surface area contributed by atoms with E-state index in [2.05, 4.69) is 5.10 Å². The van der Waals surface area contributed by atoms with Gasteiger partial charge in [0.05, 0.1) is 24.4 Å². The lowest BCUT2D eigenvalue weighted by atomic mass is 10.2. The highest BCUT2D eigenvalue weighted by Gasteiger charge is 2.24. The second-order valence-corrected chi connectivity index (χ2v) is 3.32. The molecule has 0 fully saturated rings. The Morgan fingerprint density at radius 1 is 1.40 bits per heavy atom. The number of benzene rings is 1. The molecule has 0 saturated carbocycles. The Bertz CT molecular complexity index is 387. The van der Waals surface area contributed by atoms with E-state index in [-0.39, 0.29) is 5.91 Å². The highest BCUT2D eigenvalue weighted by Crippen LogP contribution is 2.19. The Morgan fingerprint density at radius 2 is 2.13 bits per heavy atom. The van der Waals surface area contributed by atoms with Gasteiger partial charge in [-0.2, -0.15) is 5.10 Å². The number of methoxy groups -OCH3 is 1. The van der Waals surface area contributed by atoms with Crippen molar-refractivity contribution in [2.45, 2.75) is 6.42 Å². The van der Waals surface area contributed by atoms with Gasteiger partial charge in [0.2, 0.25) is 0 Å². The van der Waals surface area contributed by atoms with Gasteiger partial charge in [-0.1, -0.05) is 18.2 Å². The van der Waals surface area contributed by atoms with Crippen molar-refractivity contribution in [2.75, 3.05) is 18.7 Å². The van der Waals surface area contributed by atoms with Gasteiger partial charge in [-0.25, -0.2) is 5.01 Å². The fraction of sp³-hybridized carbons (Fsp3) is 0.273. The molecule has 1 aromatic rings. The number of hydrogen-bond acceptors (Lipinski definition) is 3. The molecule has 0 unspecified atom stereocenters. The Balaban J connectivity index is 2.20. The van der Waals surface area contributed by atoms with Gasteiger partial charge in [0.25, 0.3) is 5.91 Å². The lowest BCUT2D eigenvalue weighted by molar-refractivity contribution is -0.116. The SMILES string of the molecule is COCC1=NN(c2ccccc2)C(=O)C1. The smallest absolute Gasteiger partial charge is 0.253 e. The lowest BCUT2D eigenvalue weighted by Crippen LogP contribution is -2.19. The first-order valence-electron chi connectivity index (χ1n) is 4.74. The molecular weight excluding hydrogens is 192 g/mol.